The van der Waals surface area contributed by atoms with E-state index in [0.29, 0.717) is 5.69 Å². The van der Waals surface area contributed by atoms with Crippen LogP contribution in [0.3, 0.4) is 0 Å². The number of para-hydroxylation sites is 1. The Balaban J connectivity index is 1.83. The van der Waals surface area contributed by atoms with Crippen molar-refractivity contribution in [3.63, 3.8) is 0 Å². The van der Waals surface area contributed by atoms with Crippen molar-refractivity contribution in [3.05, 3.63) is 90.0 Å². The van der Waals surface area contributed by atoms with Crippen LogP contribution in [0.4, 0.5) is 20.2 Å². The normalized spacial score (nSPS) is 11.1. The molecule has 0 saturated carbocycles. The first-order valence-corrected chi connectivity index (χ1v) is 10.2. The van der Waals surface area contributed by atoms with E-state index in [1.165, 1.54) is 28.6 Å². The third-order valence-corrected chi connectivity index (χ3v) is 6.13. The summed E-state index contributed by atoms with van der Waals surface area (Å²) < 4.78 is 54.1. The van der Waals surface area contributed by atoms with Gasteiger partial charge in [0.2, 0.25) is 0 Å². The van der Waals surface area contributed by atoms with Crippen molar-refractivity contribution in [2.75, 3.05) is 16.2 Å². The van der Waals surface area contributed by atoms with Gasteiger partial charge < -0.3 is 5.32 Å². The van der Waals surface area contributed by atoms with Gasteiger partial charge in [0.05, 0.1) is 16.3 Å². The summed E-state index contributed by atoms with van der Waals surface area (Å²) in [4.78, 5) is 12.3. The zero-order valence-corrected chi connectivity index (χ0v) is 16.3. The summed E-state index contributed by atoms with van der Waals surface area (Å²) in [6, 6.07) is 16.6. The average Bonchev–Trinajstić information content (AvgIpc) is 2.72. The van der Waals surface area contributed by atoms with E-state index < -0.39 is 27.6 Å². The lowest BCUT2D eigenvalue weighted by atomic mass is 10.2. The Kier molecular flexibility index (Phi) is 5.93. The van der Waals surface area contributed by atoms with Crippen molar-refractivity contribution < 1.29 is 22.0 Å². The molecule has 0 bridgehead atoms. The number of rotatable bonds is 6. The standard InChI is InChI=1S/C21H18F2N2O3S/c1-2-25(17-6-4-3-5-7-17)29(27,28)18-11-8-15(9-12-18)21(26)24-20-14-16(22)10-13-19(20)23/h3-14H,2H2,1H3,(H,24,26). The van der Waals surface area contributed by atoms with Crippen LogP contribution < -0.4 is 9.62 Å². The Morgan fingerprint density at radius 2 is 1.62 bits per heavy atom. The van der Waals surface area contributed by atoms with Gasteiger partial charge in [0.15, 0.2) is 0 Å². The largest absolute Gasteiger partial charge is 0.319 e. The number of halogens is 2. The molecule has 0 spiro atoms. The molecule has 0 atom stereocenters. The van der Waals surface area contributed by atoms with Crippen molar-refractivity contribution >= 4 is 27.3 Å². The fraction of sp³-hybridized carbons (Fsp3) is 0.0952. The van der Waals surface area contributed by atoms with E-state index in [4.69, 9.17) is 0 Å². The minimum absolute atomic E-state index is 0.0108. The van der Waals surface area contributed by atoms with Crippen molar-refractivity contribution in [3.8, 4) is 0 Å². The Hall–Kier alpha value is -3.26. The van der Waals surface area contributed by atoms with Crippen LogP contribution in [-0.2, 0) is 10.0 Å². The first-order valence-electron chi connectivity index (χ1n) is 8.77. The van der Waals surface area contributed by atoms with Gasteiger partial charge in [-0.05, 0) is 55.5 Å². The molecule has 0 aliphatic rings. The molecule has 29 heavy (non-hydrogen) atoms. The number of anilines is 2. The zero-order valence-electron chi connectivity index (χ0n) is 15.5. The number of nitrogens with zero attached hydrogens (tertiary/aromatic N) is 1. The molecule has 0 aliphatic carbocycles. The van der Waals surface area contributed by atoms with Crippen LogP contribution in [0.1, 0.15) is 17.3 Å². The lowest BCUT2D eigenvalue weighted by Gasteiger charge is -2.23. The van der Waals surface area contributed by atoms with Gasteiger partial charge in [-0.3, -0.25) is 9.10 Å². The zero-order chi connectivity index (χ0) is 21.0. The minimum atomic E-state index is -3.83. The summed E-state index contributed by atoms with van der Waals surface area (Å²) in [7, 11) is -3.83. The molecular weight excluding hydrogens is 398 g/mol. The SMILES string of the molecule is CCN(c1ccccc1)S(=O)(=O)c1ccc(C(=O)Nc2cc(F)ccc2F)cc1. The van der Waals surface area contributed by atoms with E-state index in [9.17, 15) is 22.0 Å². The molecule has 0 radical (unpaired) electrons. The summed E-state index contributed by atoms with van der Waals surface area (Å²) in [5, 5.41) is 2.27. The fourth-order valence-corrected chi connectivity index (χ4v) is 4.25. The van der Waals surface area contributed by atoms with Gasteiger partial charge in [-0.1, -0.05) is 18.2 Å². The second kappa shape index (κ2) is 8.40. The number of carbonyl (C=O) groups is 1. The fourth-order valence-electron chi connectivity index (χ4n) is 2.78. The molecular formula is C21H18F2N2O3S. The monoisotopic (exact) mass is 416 g/mol. The van der Waals surface area contributed by atoms with Gasteiger partial charge in [0.1, 0.15) is 11.6 Å². The first kappa shape index (κ1) is 20.5. The lowest BCUT2D eigenvalue weighted by molar-refractivity contribution is 0.102. The van der Waals surface area contributed by atoms with Crippen LogP contribution in [0.15, 0.2) is 77.7 Å². The number of amides is 1. The van der Waals surface area contributed by atoms with Gasteiger partial charge in [0.25, 0.3) is 15.9 Å². The van der Waals surface area contributed by atoms with E-state index in [-0.39, 0.29) is 22.7 Å². The van der Waals surface area contributed by atoms with Crippen LogP contribution in [0, 0.1) is 11.6 Å². The number of nitrogens with one attached hydrogen (secondary N) is 1. The van der Waals surface area contributed by atoms with Crippen LogP contribution in [0.5, 0.6) is 0 Å². The third-order valence-electron chi connectivity index (χ3n) is 4.21. The summed E-state index contributed by atoms with van der Waals surface area (Å²) in [5.41, 5.74) is 0.335. The molecule has 3 aromatic carbocycles. The van der Waals surface area contributed by atoms with Gasteiger partial charge in [-0.15, -0.1) is 0 Å². The Bertz CT molecular complexity index is 1120. The van der Waals surface area contributed by atoms with Crippen molar-refractivity contribution in [1.29, 1.82) is 0 Å². The second-order valence-corrected chi connectivity index (χ2v) is 7.97. The average molecular weight is 416 g/mol. The molecule has 1 N–H and O–H groups in total. The summed E-state index contributed by atoms with van der Waals surface area (Å²) in [5.74, 6) is -2.15. The highest BCUT2D eigenvalue weighted by Gasteiger charge is 2.23. The van der Waals surface area contributed by atoms with Crippen LogP contribution in [0.25, 0.3) is 0 Å². The molecule has 150 valence electrons. The van der Waals surface area contributed by atoms with Crippen molar-refractivity contribution in [2.24, 2.45) is 0 Å². The summed E-state index contributed by atoms with van der Waals surface area (Å²) >= 11 is 0. The minimum Gasteiger partial charge on any atom is -0.319 e. The molecule has 3 rings (SSSR count). The number of hydrogen-bond acceptors (Lipinski definition) is 3. The van der Waals surface area contributed by atoms with E-state index in [1.807, 2.05) is 0 Å². The number of sulfonamides is 1. The van der Waals surface area contributed by atoms with Gasteiger partial charge >= 0.3 is 0 Å². The Morgan fingerprint density at radius 3 is 2.24 bits per heavy atom. The van der Waals surface area contributed by atoms with Crippen molar-refractivity contribution in [1.82, 2.24) is 0 Å². The van der Waals surface area contributed by atoms with E-state index >= 15 is 0 Å². The molecule has 5 nitrogen and oxygen atoms in total. The van der Waals surface area contributed by atoms with Gasteiger partial charge in [-0.25, -0.2) is 17.2 Å². The van der Waals surface area contributed by atoms with Crippen molar-refractivity contribution in [2.45, 2.75) is 11.8 Å². The molecule has 3 aromatic rings. The summed E-state index contributed by atoms with van der Waals surface area (Å²) in [6.07, 6.45) is 0. The molecule has 0 fully saturated rings. The summed E-state index contributed by atoms with van der Waals surface area (Å²) in [6.45, 7) is 1.95. The van der Waals surface area contributed by atoms with Gasteiger partial charge in [-0.2, -0.15) is 0 Å². The number of benzene rings is 3. The molecule has 0 aromatic heterocycles. The Morgan fingerprint density at radius 1 is 0.966 bits per heavy atom. The Labute approximate surface area is 167 Å². The maximum Gasteiger partial charge on any atom is 0.264 e. The highest BCUT2D eigenvalue weighted by Crippen LogP contribution is 2.24. The number of carbonyl (C=O) groups excluding carboxylic acids is 1. The molecule has 1 amide bonds. The third kappa shape index (κ3) is 4.43. The molecule has 0 saturated heterocycles. The number of hydrogen-bond donors (Lipinski definition) is 1. The lowest BCUT2D eigenvalue weighted by Crippen LogP contribution is -2.30. The van der Waals surface area contributed by atoms with E-state index in [0.717, 1.165) is 18.2 Å². The van der Waals surface area contributed by atoms with E-state index in [1.54, 1.807) is 37.3 Å². The quantitative estimate of drug-likeness (QED) is 0.646. The van der Waals surface area contributed by atoms with Crippen LogP contribution in [0.2, 0.25) is 0 Å². The highest BCUT2D eigenvalue weighted by molar-refractivity contribution is 7.92. The second-order valence-electron chi connectivity index (χ2n) is 6.11. The van der Waals surface area contributed by atoms with Gasteiger partial charge in [0, 0.05) is 18.2 Å². The predicted octanol–water partition coefficient (Wildman–Crippen LogP) is 4.43. The predicted molar refractivity (Wildman–Crippen MR) is 107 cm³/mol. The molecule has 8 heteroatoms. The maximum absolute atomic E-state index is 13.7. The maximum atomic E-state index is 13.7. The smallest absolute Gasteiger partial charge is 0.264 e. The van der Waals surface area contributed by atoms with Crippen LogP contribution in [-0.4, -0.2) is 20.9 Å². The topological polar surface area (TPSA) is 66.5 Å². The highest BCUT2D eigenvalue weighted by atomic mass is 32.2. The molecule has 0 aliphatic heterocycles. The van der Waals surface area contributed by atoms with Crippen LogP contribution >= 0.6 is 0 Å². The van der Waals surface area contributed by atoms with E-state index in [2.05, 4.69) is 5.32 Å². The molecule has 0 unspecified atom stereocenters. The first-order chi connectivity index (χ1) is 13.8. The molecule has 0 heterocycles.